The Hall–Kier alpha value is -1.47. The minimum Gasteiger partial charge on any atom is -0.448 e. The molecule has 1 aromatic heterocycles. The van der Waals surface area contributed by atoms with Crippen LogP contribution in [0.4, 0.5) is 12.9 Å². The van der Waals surface area contributed by atoms with Crippen LogP contribution in [0.3, 0.4) is 0 Å². The largest absolute Gasteiger partial charge is 0.497 e. The quantitative estimate of drug-likeness (QED) is 0.724. The molecule has 1 heterocycles. The van der Waals surface area contributed by atoms with Crippen molar-refractivity contribution in [2.24, 2.45) is 0 Å². The highest BCUT2D eigenvalue weighted by Gasteiger charge is 2.25. The summed E-state index contributed by atoms with van der Waals surface area (Å²) in [7, 11) is 0. The number of aromatic nitrogens is 2. The van der Waals surface area contributed by atoms with E-state index in [9.17, 15) is 22.5 Å². The monoisotopic (exact) mass is 235 g/mol. The van der Waals surface area contributed by atoms with E-state index in [4.69, 9.17) is 0 Å². The summed E-state index contributed by atoms with van der Waals surface area (Å²) in [4.78, 5) is 22.6. The van der Waals surface area contributed by atoms with E-state index in [1.54, 1.807) is 6.92 Å². The number of hydrogen-bond acceptors (Lipinski definition) is 2. The van der Waals surface area contributed by atoms with Crippen LogP contribution in [-0.2, 0) is 13.0 Å². The topological polar surface area (TPSA) is 44.0 Å². The third-order valence-electron chi connectivity index (χ3n) is 1.99. The molecule has 16 heavy (non-hydrogen) atoms. The molecule has 90 valence electrons. The minimum atomic E-state index is -5.20. The first-order chi connectivity index (χ1) is 7.35. The van der Waals surface area contributed by atoms with Crippen molar-refractivity contribution in [2.75, 3.05) is 0 Å². The fourth-order valence-corrected chi connectivity index (χ4v) is 1.34. The van der Waals surface area contributed by atoms with Crippen LogP contribution in [0.5, 0.6) is 0 Å². The molecule has 0 saturated carbocycles. The molecule has 1 aromatic rings. The van der Waals surface area contributed by atoms with Crippen LogP contribution in [0.15, 0.2) is 21.9 Å². The second-order valence-electron chi connectivity index (χ2n) is 3.45. The fourth-order valence-electron chi connectivity index (χ4n) is 1.34. The average molecular weight is 235 g/mol. The van der Waals surface area contributed by atoms with Gasteiger partial charge in [0.1, 0.15) is 0 Å². The zero-order chi connectivity index (χ0) is 12.3. The van der Waals surface area contributed by atoms with Gasteiger partial charge in [-0.05, 0) is 6.42 Å². The molecule has 0 aliphatic carbocycles. The highest BCUT2D eigenvalue weighted by atomic mass is 19.4. The molecular weight excluding hydrogens is 224 g/mol. The van der Waals surface area contributed by atoms with E-state index in [-0.39, 0.29) is 4.57 Å². The molecule has 0 aliphatic rings. The van der Waals surface area contributed by atoms with Crippen molar-refractivity contribution in [2.45, 2.75) is 26.3 Å². The molecule has 4 nitrogen and oxygen atoms in total. The van der Waals surface area contributed by atoms with E-state index in [2.05, 4.69) is 0 Å². The number of hydrogen-bond donors (Lipinski definition) is 0. The van der Waals surface area contributed by atoms with E-state index in [1.807, 2.05) is 0 Å². The van der Waals surface area contributed by atoms with Gasteiger partial charge in [0.15, 0.2) is 0 Å². The first-order valence-electron chi connectivity index (χ1n) is 4.86. The SMILES string of the molecule is CCCn1ccc(=O)n(C[B-](F)(F)F)c1=O. The van der Waals surface area contributed by atoms with Crippen LogP contribution < -0.4 is 11.2 Å². The summed E-state index contributed by atoms with van der Waals surface area (Å²) >= 11 is 0. The van der Waals surface area contributed by atoms with Gasteiger partial charge in [-0.1, -0.05) is 6.92 Å². The van der Waals surface area contributed by atoms with Crippen molar-refractivity contribution in [3.63, 3.8) is 0 Å². The number of aryl methyl sites for hydroxylation is 1. The zero-order valence-corrected chi connectivity index (χ0v) is 8.70. The molecule has 1 rings (SSSR count). The van der Waals surface area contributed by atoms with Gasteiger partial charge in [0.05, 0.1) is 0 Å². The smallest absolute Gasteiger partial charge is 0.448 e. The Morgan fingerprint density at radius 1 is 1.31 bits per heavy atom. The van der Waals surface area contributed by atoms with Crippen LogP contribution in [-0.4, -0.2) is 16.1 Å². The lowest BCUT2D eigenvalue weighted by atomic mass is 9.92. The normalized spacial score (nSPS) is 11.8. The number of nitrogens with zero attached hydrogens (tertiary/aromatic N) is 2. The van der Waals surface area contributed by atoms with Gasteiger partial charge in [-0.2, -0.15) is 0 Å². The zero-order valence-electron chi connectivity index (χ0n) is 8.70. The van der Waals surface area contributed by atoms with Gasteiger partial charge in [0, 0.05) is 25.3 Å². The molecule has 0 atom stereocenters. The Balaban J connectivity index is 3.22. The molecule has 0 saturated heterocycles. The maximum atomic E-state index is 12.2. The summed E-state index contributed by atoms with van der Waals surface area (Å²) in [6.07, 6.45) is 0.339. The first kappa shape index (κ1) is 12.6. The molecule has 0 aliphatic heterocycles. The van der Waals surface area contributed by atoms with Crippen molar-refractivity contribution in [3.8, 4) is 0 Å². The predicted molar refractivity (Wildman–Crippen MR) is 54.3 cm³/mol. The van der Waals surface area contributed by atoms with Gasteiger partial charge in [-0.25, -0.2) is 4.79 Å². The van der Waals surface area contributed by atoms with Crippen LogP contribution in [0.25, 0.3) is 0 Å². The summed E-state index contributed by atoms with van der Waals surface area (Å²) in [5.41, 5.74) is -1.83. The van der Waals surface area contributed by atoms with Crippen LogP contribution in [0, 0.1) is 0 Å². The summed E-state index contributed by atoms with van der Waals surface area (Å²) < 4.78 is 37.8. The average Bonchev–Trinajstić information content (AvgIpc) is 2.16. The maximum absolute atomic E-state index is 12.2. The van der Waals surface area contributed by atoms with Gasteiger partial charge in [0.2, 0.25) is 0 Å². The van der Waals surface area contributed by atoms with Crippen molar-refractivity contribution < 1.29 is 12.9 Å². The predicted octanol–water partition coefficient (Wildman–Crippen LogP) is 0.807. The van der Waals surface area contributed by atoms with E-state index < -0.39 is 24.7 Å². The van der Waals surface area contributed by atoms with Gasteiger partial charge in [-0.3, -0.25) is 9.36 Å². The number of rotatable bonds is 4. The summed E-state index contributed by atoms with van der Waals surface area (Å²) in [6.45, 7) is -3.11. The molecule has 0 unspecified atom stereocenters. The third kappa shape index (κ3) is 3.01. The van der Waals surface area contributed by atoms with Gasteiger partial charge >= 0.3 is 12.7 Å². The van der Waals surface area contributed by atoms with Crippen LogP contribution in [0.1, 0.15) is 13.3 Å². The number of halogens is 3. The fraction of sp³-hybridized carbons (Fsp3) is 0.500. The van der Waals surface area contributed by atoms with Gasteiger partial charge in [0.25, 0.3) is 5.56 Å². The van der Waals surface area contributed by atoms with Crippen molar-refractivity contribution in [3.05, 3.63) is 33.1 Å². The molecule has 0 radical (unpaired) electrons. The van der Waals surface area contributed by atoms with E-state index >= 15 is 0 Å². The lowest BCUT2D eigenvalue weighted by Gasteiger charge is -2.15. The van der Waals surface area contributed by atoms with Gasteiger partial charge in [-0.15, -0.1) is 0 Å². The van der Waals surface area contributed by atoms with Crippen molar-refractivity contribution >= 4 is 6.98 Å². The molecule has 0 amide bonds. The molecular formula is C8H11BF3N2O2-. The second kappa shape index (κ2) is 4.59. The molecule has 0 fully saturated rings. The summed E-state index contributed by atoms with van der Waals surface area (Å²) in [5.74, 6) is 0. The lowest BCUT2D eigenvalue weighted by Crippen LogP contribution is -2.43. The summed E-state index contributed by atoms with van der Waals surface area (Å²) in [6, 6.07) is 0.971. The van der Waals surface area contributed by atoms with Gasteiger partial charge < -0.3 is 17.5 Å². The Morgan fingerprint density at radius 2 is 1.94 bits per heavy atom. The van der Waals surface area contributed by atoms with Crippen LogP contribution in [0.2, 0.25) is 0 Å². The minimum absolute atomic E-state index is 0.218. The lowest BCUT2D eigenvalue weighted by molar-refractivity contribution is 0.432. The van der Waals surface area contributed by atoms with Crippen LogP contribution >= 0.6 is 0 Å². The molecule has 0 spiro atoms. The maximum Gasteiger partial charge on any atom is 0.497 e. The van der Waals surface area contributed by atoms with E-state index in [0.29, 0.717) is 13.0 Å². The molecule has 8 heteroatoms. The first-order valence-corrected chi connectivity index (χ1v) is 4.86. The third-order valence-corrected chi connectivity index (χ3v) is 1.99. The Morgan fingerprint density at radius 3 is 2.44 bits per heavy atom. The second-order valence-corrected chi connectivity index (χ2v) is 3.45. The summed E-state index contributed by atoms with van der Waals surface area (Å²) in [5, 5.41) is 0. The molecule has 0 bridgehead atoms. The Labute approximate surface area is 89.4 Å². The van der Waals surface area contributed by atoms with E-state index in [0.717, 1.165) is 10.6 Å². The highest BCUT2D eigenvalue weighted by Crippen LogP contribution is 2.08. The van der Waals surface area contributed by atoms with Crippen molar-refractivity contribution in [1.29, 1.82) is 0 Å². The standard InChI is InChI=1S/C8H11BF3N2O2/c1-2-4-13-5-3-7(15)14(8(13)16)6-9(10,11)12/h3,5H,2,4,6H2,1H3/q-1. The van der Waals surface area contributed by atoms with Crippen molar-refractivity contribution in [1.82, 2.24) is 9.13 Å². The molecule has 0 N–H and O–H groups in total. The Bertz CT molecular complexity index is 477. The molecule has 0 aromatic carbocycles. The van der Waals surface area contributed by atoms with E-state index in [1.165, 1.54) is 6.20 Å². The Kier molecular flexibility index (Phi) is 3.61. The highest BCUT2D eigenvalue weighted by molar-refractivity contribution is 6.57.